The predicted molar refractivity (Wildman–Crippen MR) is 61.2 cm³/mol. The summed E-state index contributed by atoms with van der Waals surface area (Å²) in [5.74, 6) is 0.802. The average molecular weight is 262 g/mol. The van der Waals surface area contributed by atoms with Crippen LogP contribution in [0.25, 0.3) is 5.69 Å². The van der Waals surface area contributed by atoms with E-state index in [1.165, 1.54) is 4.80 Å². The molecular formula is C11H10N4O4. The number of aryl methyl sites for hydroxylation is 1. The van der Waals surface area contributed by atoms with Crippen LogP contribution in [0.3, 0.4) is 0 Å². The second kappa shape index (κ2) is 4.56. The van der Waals surface area contributed by atoms with E-state index in [1.54, 1.807) is 18.2 Å². The van der Waals surface area contributed by atoms with Crippen molar-refractivity contribution in [3.05, 3.63) is 24.0 Å². The Morgan fingerprint density at radius 3 is 3.05 bits per heavy atom. The first kappa shape index (κ1) is 11.5. The van der Waals surface area contributed by atoms with Gasteiger partial charge in [-0.05, 0) is 17.3 Å². The van der Waals surface area contributed by atoms with Crippen LogP contribution in [-0.4, -0.2) is 38.1 Å². The fourth-order valence-corrected chi connectivity index (χ4v) is 1.68. The standard InChI is InChI=1S/C11H10N4O4/c16-11(17)4-3-10-12-14-15(13-10)7-1-2-8-9(5-7)19-6-18-8/h1-2,5H,3-4,6H2,(H,16,17). The van der Waals surface area contributed by atoms with Crippen molar-refractivity contribution in [1.82, 2.24) is 20.2 Å². The van der Waals surface area contributed by atoms with Gasteiger partial charge < -0.3 is 14.6 Å². The van der Waals surface area contributed by atoms with E-state index in [9.17, 15) is 4.79 Å². The van der Waals surface area contributed by atoms with Crippen LogP contribution in [0.1, 0.15) is 12.2 Å². The number of hydrogen-bond donors (Lipinski definition) is 1. The third-order valence-corrected chi connectivity index (χ3v) is 2.60. The minimum absolute atomic E-state index is 0.0210. The third-order valence-electron chi connectivity index (χ3n) is 2.60. The summed E-state index contributed by atoms with van der Waals surface area (Å²) < 4.78 is 10.5. The van der Waals surface area contributed by atoms with E-state index in [2.05, 4.69) is 15.4 Å². The van der Waals surface area contributed by atoms with Crippen LogP contribution in [-0.2, 0) is 11.2 Å². The van der Waals surface area contributed by atoms with Gasteiger partial charge >= 0.3 is 5.97 Å². The molecular weight excluding hydrogens is 252 g/mol. The van der Waals surface area contributed by atoms with Crippen LogP contribution in [0.4, 0.5) is 0 Å². The van der Waals surface area contributed by atoms with Gasteiger partial charge in [0.2, 0.25) is 6.79 Å². The molecule has 1 N–H and O–H groups in total. The molecule has 3 rings (SSSR count). The fraction of sp³-hybridized carbons (Fsp3) is 0.273. The molecule has 0 atom stereocenters. The van der Waals surface area contributed by atoms with E-state index in [0.717, 1.165) is 0 Å². The number of hydrogen-bond acceptors (Lipinski definition) is 6. The maximum Gasteiger partial charge on any atom is 0.303 e. The van der Waals surface area contributed by atoms with Crippen LogP contribution in [0, 0.1) is 0 Å². The summed E-state index contributed by atoms with van der Waals surface area (Å²) in [5, 5.41) is 20.4. The highest BCUT2D eigenvalue weighted by Gasteiger charge is 2.15. The van der Waals surface area contributed by atoms with Crippen molar-refractivity contribution in [2.75, 3.05) is 6.79 Å². The summed E-state index contributed by atoms with van der Waals surface area (Å²) in [6.45, 7) is 0.202. The monoisotopic (exact) mass is 262 g/mol. The van der Waals surface area contributed by atoms with Crippen LogP contribution in [0.5, 0.6) is 11.5 Å². The van der Waals surface area contributed by atoms with E-state index < -0.39 is 5.97 Å². The van der Waals surface area contributed by atoms with Gasteiger partial charge in [0, 0.05) is 12.5 Å². The second-order valence-electron chi connectivity index (χ2n) is 3.93. The Morgan fingerprint density at radius 2 is 2.21 bits per heavy atom. The van der Waals surface area contributed by atoms with E-state index in [-0.39, 0.29) is 19.6 Å². The van der Waals surface area contributed by atoms with Crippen LogP contribution < -0.4 is 9.47 Å². The number of ether oxygens (including phenoxy) is 2. The number of aliphatic carboxylic acids is 1. The zero-order valence-electron chi connectivity index (χ0n) is 9.81. The molecule has 0 unspecified atom stereocenters. The Labute approximate surface area is 107 Å². The zero-order chi connectivity index (χ0) is 13.2. The van der Waals surface area contributed by atoms with Crippen molar-refractivity contribution >= 4 is 5.97 Å². The fourth-order valence-electron chi connectivity index (χ4n) is 1.68. The van der Waals surface area contributed by atoms with Crippen molar-refractivity contribution in [2.45, 2.75) is 12.8 Å². The lowest BCUT2D eigenvalue weighted by molar-refractivity contribution is -0.137. The van der Waals surface area contributed by atoms with Gasteiger partial charge in [0.05, 0.1) is 12.1 Å². The van der Waals surface area contributed by atoms with E-state index in [1.807, 2.05) is 0 Å². The van der Waals surface area contributed by atoms with Gasteiger partial charge in [0.1, 0.15) is 0 Å². The molecule has 0 fully saturated rings. The van der Waals surface area contributed by atoms with Gasteiger partial charge in [0.15, 0.2) is 17.3 Å². The molecule has 0 spiro atoms. The molecule has 1 aromatic heterocycles. The number of tetrazole rings is 1. The molecule has 0 bridgehead atoms. The molecule has 0 saturated carbocycles. The summed E-state index contributed by atoms with van der Waals surface area (Å²) in [6, 6.07) is 5.28. The summed E-state index contributed by atoms with van der Waals surface area (Å²) >= 11 is 0. The van der Waals surface area contributed by atoms with Gasteiger partial charge in [-0.1, -0.05) is 0 Å². The molecule has 2 aromatic rings. The molecule has 8 nitrogen and oxygen atoms in total. The van der Waals surface area contributed by atoms with Gasteiger partial charge in [-0.3, -0.25) is 4.79 Å². The number of aromatic nitrogens is 4. The van der Waals surface area contributed by atoms with Crippen LogP contribution >= 0.6 is 0 Å². The molecule has 0 amide bonds. The number of benzene rings is 1. The van der Waals surface area contributed by atoms with Crippen molar-refractivity contribution in [1.29, 1.82) is 0 Å². The first-order chi connectivity index (χ1) is 9.22. The van der Waals surface area contributed by atoms with Crippen LogP contribution in [0.2, 0.25) is 0 Å². The van der Waals surface area contributed by atoms with E-state index in [0.29, 0.717) is 23.0 Å². The summed E-state index contributed by atoms with van der Waals surface area (Å²) in [7, 11) is 0. The highest BCUT2D eigenvalue weighted by molar-refractivity contribution is 5.66. The highest BCUT2D eigenvalue weighted by Crippen LogP contribution is 2.33. The number of carbonyl (C=O) groups is 1. The Morgan fingerprint density at radius 1 is 1.37 bits per heavy atom. The zero-order valence-corrected chi connectivity index (χ0v) is 9.81. The quantitative estimate of drug-likeness (QED) is 0.851. The van der Waals surface area contributed by atoms with Crippen molar-refractivity contribution in [3.63, 3.8) is 0 Å². The molecule has 8 heteroatoms. The maximum absolute atomic E-state index is 10.5. The SMILES string of the molecule is O=C(O)CCc1nnn(-c2ccc3c(c2)OCO3)n1. The summed E-state index contributed by atoms with van der Waals surface area (Å²) in [6.07, 6.45) is 0.229. The Hall–Kier alpha value is -2.64. The Balaban J connectivity index is 1.80. The second-order valence-corrected chi connectivity index (χ2v) is 3.93. The first-order valence-electron chi connectivity index (χ1n) is 5.63. The molecule has 0 radical (unpaired) electrons. The van der Waals surface area contributed by atoms with E-state index in [4.69, 9.17) is 14.6 Å². The normalized spacial score (nSPS) is 12.6. The summed E-state index contributed by atoms with van der Waals surface area (Å²) in [5.41, 5.74) is 0.679. The molecule has 0 saturated heterocycles. The number of rotatable bonds is 4. The van der Waals surface area contributed by atoms with Gasteiger partial charge in [0.25, 0.3) is 0 Å². The predicted octanol–water partition coefficient (Wildman–Crippen LogP) is 0.408. The lowest BCUT2D eigenvalue weighted by atomic mass is 10.3. The van der Waals surface area contributed by atoms with Crippen molar-refractivity contribution < 1.29 is 19.4 Å². The topological polar surface area (TPSA) is 99.4 Å². The molecule has 98 valence electrons. The third kappa shape index (κ3) is 2.32. The molecule has 1 aliphatic rings. The van der Waals surface area contributed by atoms with Gasteiger partial charge in [-0.2, -0.15) is 0 Å². The van der Waals surface area contributed by atoms with E-state index >= 15 is 0 Å². The van der Waals surface area contributed by atoms with Crippen molar-refractivity contribution in [3.8, 4) is 17.2 Å². The minimum atomic E-state index is -0.889. The number of nitrogens with zero attached hydrogens (tertiary/aromatic N) is 4. The molecule has 19 heavy (non-hydrogen) atoms. The molecule has 1 aromatic carbocycles. The molecule has 1 aliphatic heterocycles. The minimum Gasteiger partial charge on any atom is -0.481 e. The Bertz CT molecular complexity index is 625. The lowest BCUT2D eigenvalue weighted by Gasteiger charge is -2.00. The Kier molecular flexibility index (Phi) is 2.75. The maximum atomic E-state index is 10.5. The van der Waals surface area contributed by atoms with Gasteiger partial charge in [-0.25, -0.2) is 0 Å². The highest BCUT2D eigenvalue weighted by atomic mass is 16.7. The average Bonchev–Trinajstić information content (AvgIpc) is 3.04. The largest absolute Gasteiger partial charge is 0.481 e. The van der Waals surface area contributed by atoms with Gasteiger partial charge in [-0.15, -0.1) is 15.0 Å². The number of fused-ring (bicyclic) bond motifs is 1. The number of carboxylic acid groups (broad SMARTS) is 1. The van der Waals surface area contributed by atoms with Crippen LogP contribution in [0.15, 0.2) is 18.2 Å². The number of carboxylic acids is 1. The molecule has 2 heterocycles. The first-order valence-corrected chi connectivity index (χ1v) is 5.63. The van der Waals surface area contributed by atoms with Crippen molar-refractivity contribution in [2.24, 2.45) is 0 Å². The smallest absolute Gasteiger partial charge is 0.303 e. The summed E-state index contributed by atoms with van der Waals surface area (Å²) in [4.78, 5) is 11.8. The lowest BCUT2D eigenvalue weighted by Crippen LogP contribution is -2.01. The molecule has 0 aliphatic carbocycles.